The minimum atomic E-state index is -2.10. The number of esters is 2. The molecule has 3 saturated heterocycles. The average Bonchev–Trinajstić information content (AvgIpc) is 2.97. The number of ether oxygens (including phenoxy) is 6. The lowest BCUT2D eigenvalue weighted by Crippen LogP contribution is -2.61. The Kier molecular flexibility index (Phi) is 14.4. The molecule has 3 N–H and O–H groups in total. The van der Waals surface area contributed by atoms with Crippen molar-refractivity contribution in [3.05, 3.63) is 23.8 Å². The van der Waals surface area contributed by atoms with Gasteiger partial charge in [-0.2, -0.15) is 0 Å². The molecule has 0 spiro atoms. The Morgan fingerprint density at radius 1 is 1.07 bits per heavy atom. The van der Waals surface area contributed by atoms with Gasteiger partial charge in [-0.3, -0.25) is 9.59 Å². The van der Waals surface area contributed by atoms with E-state index < -0.39 is 47.7 Å². The van der Waals surface area contributed by atoms with E-state index in [0.29, 0.717) is 37.9 Å². The molecule has 9 atom stereocenters. The minimum Gasteiger partial charge on any atom is -0.466 e. The summed E-state index contributed by atoms with van der Waals surface area (Å²) >= 11 is 0. The standard InChI is InChI=1S/C34H54O12/c1-21(20-35)14-29-16-24(17-30(39)41-6)32(43-23(3)37)34(40,46-29)33(4,5)12-10-31-42-13-11-28(45-31)19-27-9-7-8-26(44-27)18-25(38)15-22(2)36/h10,12,17,21,25-29,31-32,35,38,40H,7-9,11,13-16,18-20H2,1-6H3/b12-10+,24-17+/t21?,25-,26-,27+,28-,29?,31-,32-,34+/m0/s1. The summed E-state index contributed by atoms with van der Waals surface area (Å²) in [6, 6.07) is 0. The highest BCUT2D eigenvalue weighted by molar-refractivity contribution is 5.83. The first-order valence-electron chi connectivity index (χ1n) is 16.4. The van der Waals surface area contributed by atoms with Crippen LogP contribution in [0.4, 0.5) is 0 Å². The summed E-state index contributed by atoms with van der Waals surface area (Å²) in [5.74, 6) is -3.61. The van der Waals surface area contributed by atoms with Gasteiger partial charge in [-0.25, -0.2) is 4.79 Å². The van der Waals surface area contributed by atoms with E-state index in [0.717, 1.165) is 19.3 Å². The van der Waals surface area contributed by atoms with Crippen LogP contribution in [0.25, 0.3) is 0 Å². The molecule has 3 aliphatic rings. The fourth-order valence-electron chi connectivity index (χ4n) is 6.46. The Morgan fingerprint density at radius 3 is 2.41 bits per heavy atom. The lowest BCUT2D eigenvalue weighted by atomic mass is 9.74. The Morgan fingerprint density at radius 2 is 1.76 bits per heavy atom. The van der Waals surface area contributed by atoms with Crippen LogP contribution < -0.4 is 0 Å². The third-order valence-corrected chi connectivity index (χ3v) is 8.93. The number of aliphatic hydroxyl groups is 3. The summed E-state index contributed by atoms with van der Waals surface area (Å²) in [5, 5.41) is 32.1. The number of carbonyl (C=O) groups is 3. The third-order valence-electron chi connectivity index (χ3n) is 8.93. The molecule has 2 unspecified atom stereocenters. The smallest absolute Gasteiger partial charge is 0.330 e. The van der Waals surface area contributed by atoms with Crippen LogP contribution >= 0.6 is 0 Å². The van der Waals surface area contributed by atoms with Crippen molar-refractivity contribution in [1.29, 1.82) is 0 Å². The molecule has 0 aromatic heterocycles. The van der Waals surface area contributed by atoms with Crippen LogP contribution in [0, 0.1) is 11.3 Å². The molecular formula is C34H54O12. The lowest BCUT2D eigenvalue weighted by molar-refractivity contribution is -0.326. The quantitative estimate of drug-likeness (QED) is 0.142. The molecule has 3 fully saturated rings. The summed E-state index contributed by atoms with van der Waals surface area (Å²) < 4.78 is 35.1. The van der Waals surface area contributed by atoms with E-state index in [4.69, 9.17) is 28.4 Å². The minimum absolute atomic E-state index is 0.0356. The fourth-order valence-corrected chi connectivity index (χ4v) is 6.46. The zero-order valence-corrected chi connectivity index (χ0v) is 28.1. The van der Waals surface area contributed by atoms with Gasteiger partial charge in [-0.1, -0.05) is 26.8 Å². The van der Waals surface area contributed by atoms with Crippen molar-refractivity contribution >= 4 is 17.7 Å². The first-order chi connectivity index (χ1) is 21.6. The predicted octanol–water partition coefficient (Wildman–Crippen LogP) is 3.29. The van der Waals surface area contributed by atoms with Crippen molar-refractivity contribution in [3.63, 3.8) is 0 Å². The first kappa shape index (κ1) is 38.3. The molecule has 0 radical (unpaired) electrons. The van der Waals surface area contributed by atoms with E-state index in [1.807, 2.05) is 6.92 Å². The van der Waals surface area contributed by atoms with Crippen molar-refractivity contribution < 1.29 is 58.1 Å². The highest BCUT2D eigenvalue weighted by atomic mass is 16.7. The summed E-state index contributed by atoms with van der Waals surface area (Å²) in [4.78, 5) is 35.8. The summed E-state index contributed by atoms with van der Waals surface area (Å²) in [6.45, 7) is 8.36. The van der Waals surface area contributed by atoms with Gasteiger partial charge in [0.25, 0.3) is 0 Å². The molecular weight excluding hydrogens is 600 g/mol. The number of methoxy groups -OCH3 is 1. The van der Waals surface area contributed by atoms with Crippen LogP contribution in [0.15, 0.2) is 23.8 Å². The maximum Gasteiger partial charge on any atom is 0.330 e. The molecule has 0 aromatic rings. The van der Waals surface area contributed by atoms with Gasteiger partial charge in [0.15, 0.2) is 12.4 Å². The molecule has 3 rings (SSSR count). The van der Waals surface area contributed by atoms with Crippen molar-refractivity contribution in [3.8, 4) is 0 Å². The van der Waals surface area contributed by atoms with Crippen molar-refractivity contribution in [1.82, 2.24) is 0 Å². The van der Waals surface area contributed by atoms with Gasteiger partial charge in [-0.05, 0) is 75.9 Å². The van der Waals surface area contributed by atoms with Gasteiger partial charge < -0.3 is 43.7 Å². The Bertz CT molecular complexity index is 1090. The van der Waals surface area contributed by atoms with Gasteiger partial charge in [0.1, 0.15) is 5.78 Å². The van der Waals surface area contributed by atoms with Crippen LogP contribution in [-0.4, -0.2) is 102 Å². The van der Waals surface area contributed by atoms with E-state index in [1.165, 1.54) is 27.0 Å². The molecule has 0 amide bonds. The molecule has 0 saturated carbocycles. The van der Waals surface area contributed by atoms with Gasteiger partial charge in [0.05, 0.1) is 44.2 Å². The Labute approximate surface area is 272 Å². The van der Waals surface area contributed by atoms with Gasteiger partial charge in [-0.15, -0.1) is 0 Å². The van der Waals surface area contributed by atoms with Crippen LogP contribution in [-0.2, 0) is 42.8 Å². The molecule has 46 heavy (non-hydrogen) atoms. The SMILES string of the molecule is COC(=O)/C=C1\CC(CC(C)CO)O[C@@](O)(C(C)(C)/C=C/[C@H]2OCC[C@@H](C[C@H]3CCC[C@@H](C[C@@H](O)CC(C)=O)O3)O2)[C@H]1OC(C)=O. The maximum atomic E-state index is 12.3. The predicted molar refractivity (Wildman–Crippen MR) is 166 cm³/mol. The zero-order chi connectivity index (χ0) is 34.1. The number of aliphatic hydroxyl groups excluding tert-OH is 2. The van der Waals surface area contributed by atoms with E-state index >= 15 is 0 Å². The Hall–Kier alpha value is -2.19. The van der Waals surface area contributed by atoms with Crippen LogP contribution in [0.5, 0.6) is 0 Å². The van der Waals surface area contributed by atoms with Crippen molar-refractivity contribution in [2.75, 3.05) is 20.3 Å². The van der Waals surface area contributed by atoms with Gasteiger partial charge in [0, 0.05) is 31.4 Å². The summed E-state index contributed by atoms with van der Waals surface area (Å²) in [7, 11) is 1.24. The van der Waals surface area contributed by atoms with Crippen LogP contribution in [0.3, 0.4) is 0 Å². The number of hydrogen-bond donors (Lipinski definition) is 3. The highest BCUT2D eigenvalue weighted by Crippen LogP contribution is 2.46. The Balaban J connectivity index is 1.74. The second-order valence-corrected chi connectivity index (χ2v) is 13.6. The van der Waals surface area contributed by atoms with Crippen molar-refractivity contribution in [2.24, 2.45) is 11.3 Å². The molecule has 12 nitrogen and oxygen atoms in total. The zero-order valence-electron chi connectivity index (χ0n) is 28.1. The van der Waals surface area contributed by atoms with Crippen molar-refractivity contribution in [2.45, 2.75) is 141 Å². The van der Waals surface area contributed by atoms with Gasteiger partial charge >= 0.3 is 11.9 Å². The highest BCUT2D eigenvalue weighted by Gasteiger charge is 2.57. The average molecular weight is 655 g/mol. The van der Waals surface area contributed by atoms with E-state index in [1.54, 1.807) is 26.0 Å². The summed E-state index contributed by atoms with van der Waals surface area (Å²) in [6.07, 6.45) is 6.19. The molecule has 0 aromatic carbocycles. The number of Topliss-reactive ketones (excluding diaryl/α,β-unsaturated/α-hetero) is 1. The monoisotopic (exact) mass is 654 g/mol. The van der Waals surface area contributed by atoms with E-state index in [-0.39, 0.29) is 49.5 Å². The molecule has 262 valence electrons. The first-order valence-corrected chi connectivity index (χ1v) is 16.4. The third kappa shape index (κ3) is 10.9. The van der Waals surface area contributed by atoms with E-state index in [2.05, 4.69) is 0 Å². The number of hydrogen-bond acceptors (Lipinski definition) is 12. The molecule has 3 aliphatic heterocycles. The lowest BCUT2D eigenvalue weighted by Gasteiger charge is -2.51. The van der Waals surface area contributed by atoms with Crippen LogP contribution in [0.1, 0.15) is 92.4 Å². The number of rotatable bonds is 14. The van der Waals surface area contributed by atoms with Crippen LogP contribution in [0.2, 0.25) is 0 Å². The molecule has 0 aliphatic carbocycles. The normalized spacial score (nSPS) is 33.0. The topological polar surface area (TPSA) is 167 Å². The van der Waals surface area contributed by atoms with E-state index in [9.17, 15) is 29.7 Å². The maximum absolute atomic E-state index is 12.3. The molecule has 0 bridgehead atoms. The fraction of sp³-hybridized carbons (Fsp3) is 0.794. The number of carbonyl (C=O) groups excluding carboxylic acids is 3. The summed E-state index contributed by atoms with van der Waals surface area (Å²) in [5.41, 5.74) is -0.846. The molecule has 12 heteroatoms. The number of ketones is 1. The molecule has 3 heterocycles. The van der Waals surface area contributed by atoms with Gasteiger partial charge in [0.2, 0.25) is 5.79 Å². The second-order valence-electron chi connectivity index (χ2n) is 13.6. The second kappa shape index (κ2) is 17.3. The largest absolute Gasteiger partial charge is 0.466 e.